The van der Waals surface area contributed by atoms with Gasteiger partial charge < -0.3 is 9.84 Å². The van der Waals surface area contributed by atoms with Crippen molar-refractivity contribution in [2.75, 3.05) is 10.8 Å². The van der Waals surface area contributed by atoms with Crippen LogP contribution in [0.1, 0.15) is 47.9 Å². The van der Waals surface area contributed by atoms with Gasteiger partial charge in [0.15, 0.2) is 0 Å². The van der Waals surface area contributed by atoms with Crippen LogP contribution in [-0.4, -0.2) is 32.1 Å². The zero-order chi connectivity index (χ0) is 27.8. The molecule has 6 nitrogen and oxygen atoms in total. The smallest absolute Gasteiger partial charge is 0.416 e. The van der Waals surface area contributed by atoms with Crippen molar-refractivity contribution in [1.29, 1.82) is 0 Å². The van der Waals surface area contributed by atoms with Crippen molar-refractivity contribution >= 4 is 33.3 Å². The second kappa shape index (κ2) is 10.4. The maximum Gasteiger partial charge on any atom is 0.416 e. The highest BCUT2D eigenvalue weighted by Gasteiger charge is 2.37. The summed E-state index contributed by atoms with van der Waals surface area (Å²) in [6.45, 7) is -0.234. The van der Waals surface area contributed by atoms with Crippen molar-refractivity contribution < 1.29 is 36.2 Å². The molecule has 1 aliphatic carbocycles. The second-order valence-electron chi connectivity index (χ2n) is 9.64. The van der Waals surface area contributed by atoms with Gasteiger partial charge in [0.2, 0.25) is 0 Å². The van der Waals surface area contributed by atoms with Crippen LogP contribution in [0.4, 0.5) is 18.9 Å². The van der Waals surface area contributed by atoms with E-state index in [-0.39, 0.29) is 30.8 Å². The fourth-order valence-electron chi connectivity index (χ4n) is 5.05. The fraction of sp³-hybridized carbons (Fsp3) is 0.276. The van der Waals surface area contributed by atoms with Crippen LogP contribution in [0.5, 0.6) is 5.75 Å². The number of hydrogen-bond donors (Lipinski definition) is 1. The van der Waals surface area contributed by atoms with Gasteiger partial charge in [-0.05, 0) is 78.3 Å². The van der Waals surface area contributed by atoms with Gasteiger partial charge in [0, 0.05) is 6.42 Å². The number of carbonyl (C=O) groups is 1. The van der Waals surface area contributed by atoms with Gasteiger partial charge in [-0.3, -0.25) is 9.10 Å². The van der Waals surface area contributed by atoms with Gasteiger partial charge in [0.1, 0.15) is 11.9 Å². The van der Waals surface area contributed by atoms with Gasteiger partial charge in [-0.1, -0.05) is 42.5 Å². The summed E-state index contributed by atoms with van der Waals surface area (Å²) in [7, 11) is -4.44. The highest BCUT2D eigenvalue weighted by molar-refractivity contribution is 7.92. The summed E-state index contributed by atoms with van der Waals surface area (Å²) < 4.78 is 74.6. The van der Waals surface area contributed by atoms with E-state index in [1.165, 1.54) is 5.56 Å². The van der Waals surface area contributed by atoms with Crippen LogP contribution in [0, 0.1) is 0 Å². The van der Waals surface area contributed by atoms with E-state index < -0.39 is 38.7 Å². The molecule has 0 unspecified atom stereocenters. The lowest BCUT2D eigenvalue weighted by Gasteiger charge is -2.35. The summed E-state index contributed by atoms with van der Waals surface area (Å²) in [6, 6.07) is 16.8. The van der Waals surface area contributed by atoms with E-state index in [1.807, 2.05) is 18.2 Å². The number of rotatable bonds is 6. The Morgan fingerprint density at radius 3 is 2.62 bits per heavy atom. The van der Waals surface area contributed by atoms with Crippen LogP contribution in [0.25, 0.3) is 11.6 Å². The molecule has 0 amide bonds. The number of carboxylic acid groups (broad SMARTS) is 1. The van der Waals surface area contributed by atoms with Gasteiger partial charge in [-0.25, -0.2) is 8.42 Å². The molecular formula is C29H26F3NO5S. The van der Waals surface area contributed by atoms with Gasteiger partial charge in [0.25, 0.3) is 10.0 Å². The normalized spacial score (nSPS) is 18.3. The summed E-state index contributed by atoms with van der Waals surface area (Å²) in [4.78, 5) is 10.6. The minimum Gasteiger partial charge on any atom is -0.486 e. The molecule has 5 rings (SSSR count). The van der Waals surface area contributed by atoms with E-state index in [0.29, 0.717) is 6.07 Å². The Hall–Kier alpha value is -3.79. The zero-order valence-corrected chi connectivity index (χ0v) is 21.6. The lowest BCUT2D eigenvalue weighted by Crippen LogP contribution is -2.43. The first-order valence-electron chi connectivity index (χ1n) is 12.5. The highest BCUT2D eigenvalue weighted by Crippen LogP contribution is 2.41. The molecule has 0 spiro atoms. The number of nitrogens with zero attached hydrogens (tertiary/aromatic N) is 1. The summed E-state index contributed by atoms with van der Waals surface area (Å²) in [6.07, 6.45) is -0.910. The Labute approximate surface area is 224 Å². The quantitative estimate of drug-likeness (QED) is 0.379. The number of ether oxygens (including phenoxy) is 1. The van der Waals surface area contributed by atoms with Crippen molar-refractivity contribution in [1.82, 2.24) is 0 Å². The minimum atomic E-state index is -4.71. The number of allylic oxidation sites excluding steroid dienone is 1. The Bertz CT molecular complexity index is 1550. The molecule has 39 heavy (non-hydrogen) atoms. The molecule has 0 saturated heterocycles. The molecule has 0 saturated carbocycles. The average molecular weight is 558 g/mol. The van der Waals surface area contributed by atoms with E-state index in [0.717, 1.165) is 58.5 Å². The van der Waals surface area contributed by atoms with Crippen molar-refractivity contribution in [2.45, 2.75) is 49.3 Å². The molecule has 0 radical (unpaired) electrons. The number of alkyl halides is 3. The molecule has 204 valence electrons. The molecule has 0 bridgehead atoms. The molecular weight excluding hydrogens is 531 g/mol. The van der Waals surface area contributed by atoms with Gasteiger partial charge in [-0.2, -0.15) is 13.2 Å². The van der Waals surface area contributed by atoms with Crippen LogP contribution in [0.15, 0.2) is 71.6 Å². The number of benzene rings is 3. The molecule has 1 N–H and O–H groups in total. The largest absolute Gasteiger partial charge is 0.486 e. The zero-order valence-electron chi connectivity index (χ0n) is 20.8. The van der Waals surface area contributed by atoms with Crippen LogP contribution in [0.3, 0.4) is 0 Å². The van der Waals surface area contributed by atoms with Crippen LogP contribution < -0.4 is 9.04 Å². The standard InChI is InChI=1S/C29H26F3NO5S/c30-29(31,32)22-8-4-9-24(17-22)39(36,37)33-18-23(12-14-28(34)35)38-27-13-11-19(16-26(27)33)15-21-7-3-6-20-5-1-2-10-25(20)21/h1-2,4-5,8-11,13,15-17,23H,3,6-7,12,14,18H2,(H,34,35)/b21-15+/t23-/m0/s1. The molecule has 1 heterocycles. The third kappa shape index (κ3) is 5.66. The first-order chi connectivity index (χ1) is 18.5. The topological polar surface area (TPSA) is 83.9 Å². The number of carboxylic acids is 1. The first kappa shape index (κ1) is 26.8. The minimum absolute atomic E-state index is 0.0337. The van der Waals surface area contributed by atoms with Crippen molar-refractivity contribution in [2.24, 2.45) is 0 Å². The van der Waals surface area contributed by atoms with Crippen LogP contribution in [-0.2, 0) is 27.4 Å². The van der Waals surface area contributed by atoms with E-state index in [1.54, 1.807) is 18.2 Å². The SMILES string of the molecule is O=C(O)CC[C@H]1CN(S(=O)(=O)c2cccc(C(F)(F)F)c2)c2cc(/C=C3\CCCc4ccccc43)ccc2O1. The number of anilines is 1. The van der Waals surface area contributed by atoms with Crippen molar-refractivity contribution in [3.63, 3.8) is 0 Å². The number of aryl methyl sites for hydroxylation is 1. The third-order valence-corrected chi connectivity index (χ3v) is 8.72. The molecule has 1 atom stereocenters. The van der Waals surface area contributed by atoms with E-state index >= 15 is 0 Å². The average Bonchev–Trinajstić information content (AvgIpc) is 2.91. The summed E-state index contributed by atoms with van der Waals surface area (Å²) in [5, 5.41) is 9.11. The Kier molecular flexibility index (Phi) is 7.15. The third-order valence-electron chi connectivity index (χ3n) is 6.94. The van der Waals surface area contributed by atoms with Crippen molar-refractivity contribution in [3.05, 3.63) is 89.0 Å². The van der Waals surface area contributed by atoms with Gasteiger partial charge >= 0.3 is 12.1 Å². The lowest BCUT2D eigenvalue weighted by molar-refractivity contribution is -0.138. The Morgan fingerprint density at radius 2 is 1.85 bits per heavy atom. The maximum atomic E-state index is 13.7. The molecule has 10 heteroatoms. The number of halogens is 3. The molecule has 0 aromatic heterocycles. The second-order valence-corrected chi connectivity index (χ2v) is 11.5. The summed E-state index contributed by atoms with van der Waals surface area (Å²) in [5.74, 6) is -0.843. The Balaban J connectivity index is 1.57. The number of sulfonamides is 1. The predicted octanol–water partition coefficient (Wildman–Crippen LogP) is 6.40. The Morgan fingerprint density at radius 1 is 1.05 bits per heavy atom. The molecule has 3 aromatic rings. The van der Waals surface area contributed by atoms with Gasteiger partial charge in [-0.15, -0.1) is 0 Å². The van der Waals surface area contributed by atoms with Crippen LogP contribution in [0.2, 0.25) is 0 Å². The van der Waals surface area contributed by atoms with Gasteiger partial charge in [0.05, 0.1) is 22.7 Å². The number of aliphatic carboxylic acids is 1. The molecule has 1 aliphatic heterocycles. The van der Waals surface area contributed by atoms with E-state index in [4.69, 9.17) is 9.84 Å². The van der Waals surface area contributed by atoms with E-state index in [2.05, 4.69) is 12.1 Å². The first-order valence-corrected chi connectivity index (χ1v) is 14.0. The predicted molar refractivity (Wildman–Crippen MR) is 141 cm³/mol. The maximum absolute atomic E-state index is 13.7. The summed E-state index contributed by atoms with van der Waals surface area (Å²) in [5.41, 5.74) is 3.33. The monoisotopic (exact) mass is 557 g/mol. The fourth-order valence-corrected chi connectivity index (χ4v) is 6.59. The number of fused-ring (bicyclic) bond motifs is 2. The number of hydrogen-bond acceptors (Lipinski definition) is 4. The highest BCUT2D eigenvalue weighted by atomic mass is 32.2. The van der Waals surface area contributed by atoms with Crippen LogP contribution >= 0.6 is 0 Å². The lowest BCUT2D eigenvalue weighted by atomic mass is 9.86. The summed E-state index contributed by atoms with van der Waals surface area (Å²) >= 11 is 0. The molecule has 2 aliphatic rings. The van der Waals surface area contributed by atoms with Crippen molar-refractivity contribution in [3.8, 4) is 5.75 Å². The molecule has 3 aromatic carbocycles. The van der Waals surface area contributed by atoms with E-state index in [9.17, 15) is 26.4 Å². The molecule has 0 fully saturated rings.